The molecule has 0 amide bonds. The minimum absolute atomic E-state index is 0.252. The van der Waals surface area contributed by atoms with Gasteiger partial charge in [-0.3, -0.25) is 4.99 Å². The lowest BCUT2D eigenvalue weighted by Gasteiger charge is -2.17. The summed E-state index contributed by atoms with van der Waals surface area (Å²) >= 11 is 0. The Morgan fingerprint density at radius 2 is 1.87 bits per heavy atom. The molecule has 5 nitrogen and oxygen atoms in total. The van der Waals surface area contributed by atoms with Crippen molar-refractivity contribution in [3.63, 3.8) is 0 Å². The summed E-state index contributed by atoms with van der Waals surface area (Å²) < 4.78 is 6.20. The molecule has 0 saturated heterocycles. The maximum absolute atomic E-state index is 6.20. The van der Waals surface area contributed by atoms with Crippen LogP contribution in [0, 0.1) is 5.92 Å². The first kappa shape index (κ1) is 26.0. The number of nitrogens with one attached hydrogen (secondary N) is 1. The zero-order valence-electron chi connectivity index (χ0n) is 20.1. The fourth-order valence-corrected chi connectivity index (χ4v) is 3.06. The zero-order chi connectivity index (χ0) is 23.2. The van der Waals surface area contributed by atoms with E-state index in [1.54, 1.807) is 12.1 Å². The fourth-order valence-electron chi connectivity index (χ4n) is 3.06. The Bertz CT molecular complexity index is 841. The van der Waals surface area contributed by atoms with Crippen LogP contribution >= 0.6 is 0 Å². The average Bonchev–Trinajstić information content (AvgIpc) is 2.74. The first-order valence-corrected chi connectivity index (χ1v) is 10.7. The van der Waals surface area contributed by atoms with Crippen LogP contribution in [0.3, 0.4) is 0 Å². The third-order valence-corrected chi connectivity index (χ3v) is 4.62. The summed E-state index contributed by atoms with van der Waals surface area (Å²) in [6.07, 6.45) is 11.3. The van der Waals surface area contributed by atoms with E-state index in [1.807, 2.05) is 57.3 Å². The molecule has 0 aromatic heterocycles. The van der Waals surface area contributed by atoms with E-state index in [0.717, 1.165) is 41.6 Å². The second kappa shape index (κ2) is 14.0. The van der Waals surface area contributed by atoms with E-state index in [1.165, 1.54) is 5.57 Å². The molecule has 1 rings (SSSR count). The highest BCUT2D eigenvalue weighted by molar-refractivity contribution is 5.79. The summed E-state index contributed by atoms with van der Waals surface area (Å²) in [5.74, 6) is 2.88. The first-order valence-electron chi connectivity index (χ1n) is 10.7. The second-order valence-electron chi connectivity index (χ2n) is 7.54. The van der Waals surface area contributed by atoms with Crippen LogP contribution in [0.1, 0.15) is 48.0 Å². The maximum Gasteiger partial charge on any atom is 0.127 e. The van der Waals surface area contributed by atoms with Gasteiger partial charge in [0.25, 0.3) is 0 Å². The molecule has 5 heteroatoms. The molecule has 0 heterocycles. The van der Waals surface area contributed by atoms with E-state index in [-0.39, 0.29) is 5.92 Å². The van der Waals surface area contributed by atoms with Gasteiger partial charge in [0.05, 0.1) is 11.5 Å². The summed E-state index contributed by atoms with van der Waals surface area (Å²) in [7, 11) is 1.79. The van der Waals surface area contributed by atoms with E-state index >= 15 is 0 Å². The summed E-state index contributed by atoms with van der Waals surface area (Å²) in [6.45, 7) is 16.8. The Kier molecular flexibility index (Phi) is 11.7. The number of benzene rings is 1. The van der Waals surface area contributed by atoms with Gasteiger partial charge >= 0.3 is 0 Å². The van der Waals surface area contributed by atoms with Crippen molar-refractivity contribution in [1.29, 1.82) is 0 Å². The van der Waals surface area contributed by atoms with E-state index in [9.17, 15) is 0 Å². The Morgan fingerprint density at radius 3 is 2.42 bits per heavy atom. The van der Waals surface area contributed by atoms with Crippen molar-refractivity contribution in [2.24, 2.45) is 16.0 Å². The lowest BCUT2D eigenvalue weighted by Crippen LogP contribution is -2.20. The summed E-state index contributed by atoms with van der Waals surface area (Å²) in [6, 6.07) is 7.83. The molecule has 0 radical (unpaired) electrons. The zero-order valence-corrected chi connectivity index (χ0v) is 20.1. The molecule has 0 aliphatic heterocycles. The fraction of sp³-hybridized carbons (Fsp3) is 0.385. The molecule has 0 saturated carbocycles. The minimum Gasteiger partial charge on any atom is -0.462 e. The molecule has 1 atom stereocenters. The third-order valence-electron chi connectivity index (χ3n) is 4.62. The Labute approximate surface area is 188 Å². The highest BCUT2D eigenvalue weighted by Crippen LogP contribution is 2.25. The van der Waals surface area contributed by atoms with E-state index in [4.69, 9.17) is 4.74 Å². The Hall–Kier alpha value is -3.08. The van der Waals surface area contributed by atoms with Crippen LogP contribution < -0.4 is 15.1 Å². The van der Waals surface area contributed by atoms with Crippen LogP contribution in [0.15, 0.2) is 81.8 Å². The van der Waals surface area contributed by atoms with E-state index in [2.05, 4.69) is 61.1 Å². The molecular weight excluding hydrogens is 384 g/mol. The molecule has 0 aliphatic carbocycles. The number of hydrazone groups is 1. The maximum atomic E-state index is 6.20. The van der Waals surface area contributed by atoms with Crippen LogP contribution in [0.4, 0.5) is 5.69 Å². The van der Waals surface area contributed by atoms with Crippen molar-refractivity contribution in [3.05, 3.63) is 71.7 Å². The number of ether oxygens (including phenoxy) is 1. The molecular formula is C26H38N4O. The van der Waals surface area contributed by atoms with Gasteiger partial charge in [-0.2, -0.15) is 5.10 Å². The average molecular weight is 423 g/mol. The minimum atomic E-state index is 0.252. The highest BCUT2D eigenvalue weighted by atomic mass is 16.5. The summed E-state index contributed by atoms with van der Waals surface area (Å²) in [5, 5.41) is 9.00. The monoisotopic (exact) mass is 422 g/mol. The molecule has 31 heavy (non-hydrogen) atoms. The molecule has 1 aromatic rings. The number of amidine groups is 1. The second-order valence-corrected chi connectivity index (χ2v) is 7.54. The lowest BCUT2D eigenvalue weighted by molar-refractivity contribution is 0.418. The number of anilines is 1. The topological polar surface area (TPSA) is 49.2 Å². The molecule has 168 valence electrons. The van der Waals surface area contributed by atoms with Gasteiger partial charge in [0.15, 0.2) is 0 Å². The van der Waals surface area contributed by atoms with Gasteiger partial charge in [0, 0.05) is 32.4 Å². The van der Waals surface area contributed by atoms with E-state index in [0.29, 0.717) is 0 Å². The molecule has 0 spiro atoms. The number of hydrogen-bond donors (Lipinski definition) is 1. The van der Waals surface area contributed by atoms with Crippen molar-refractivity contribution in [2.45, 2.75) is 48.0 Å². The molecule has 0 aliphatic rings. The smallest absolute Gasteiger partial charge is 0.127 e. The SMILES string of the molecule is C=NN(/C=C\C)c1ccc(O/C(C)=C(/C=C\CCNC(C)=NC)C(C)C=C(C)C)cc1. The molecule has 1 N–H and O–H groups in total. The van der Waals surface area contributed by atoms with Gasteiger partial charge in [-0.15, -0.1) is 0 Å². The van der Waals surface area contributed by atoms with Gasteiger partial charge < -0.3 is 10.1 Å². The number of rotatable bonds is 11. The van der Waals surface area contributed by atoms with Gasteiger partial charge in [-0.25, -0.2) is 5.01 Å². The van der Waals surface area contributed by atoms with Crippen LogP contribution in [0.2, 0.25) is 0 Å². The van der Waals surface area contributed by atoms with Crippen LogP contribution in [-0.4, -0.2) is 26.1 Å². The molecule has 1 unspecified atom stereocenters. The normalized spacial score (nSPS) is 13.7. The van der Waals surface area contributed by atoms with Crippen molar-refractivity contribution in [3.8, 4) is 5.75 Å². The number of allylic oxidation sites excluding steroid dienone is 6. The van der Waals surface area contributed by atoms with Gasteiger partial charge in [-0.05, 0) is 70.9 Å². The first-order chi connectivity index (χ1) is 14.8. The molecule has 0 fully saturated rings. The predicted octanol–water partition coefficient (Wildman–Crippen LogP) is 6.48. The summed E-state index contributed by atoms with van der Waals surface area (Å²) in [4.78, 5) is 4.12. The van der Waals surface area contributed by atoms with Gasteiger partial charge in [0.1, 0.15) is 11.5 Å². The van der Waals surface area contributed by atoms with Crippen LogP contribution in [0.25, 0.3) is 0 Å². The van der Waals surface area contributed by atoms with Gasteiger partial charge in [-0.1, -0.05) is 36.8 Å². The van der Waals surface area contributed by atoms with Crippen molar-refractivity contribution in [2.75, 3.05) is 18.6 Å². The third kappa shape index (κ3) is 9.51. The number of aliphatic imine (C=N–C) groups is 1. The van der Waals surface area contributed by atoms with Gasteiger partial charge in [0.2, 0.25) is 0 Å². The largest absolute Gasteiger partial charge is 0.462 e. The van der Waals surface area contributed by atoms with Crippen molar-refractivity contribution < 1.29 is 4.74 Å². The molecule has 0 bridgehead atoms. The standard InChI is InChI=1S/C26H38N4O/c1-9-18-30(28-8)24-13-15-25(16-14-24)31-22(5)26(21(4)19-20(2)3)12-10-11-17-29-23(6)27-7/h9-10,12-16,18-19,21H,8,11,17H2,1-7H3,(H,27,29)/b12-10-,18-9-,26-22-. The Balaban J connectivity index is 3.02. The highest BCUT2D eigenvalue weighted by Gasteiger charge is 2.10. The van der Waals surface area contributed by atoms with E-state index < -0.39 is 0 Å². The Morgan fingerprint density at radius 1 is 1.19 bits per heavy atom. The number of nitrogens with zero attached hydrogens (tertiary/aromatic N) is 3. The predicted molar refractivity (Wildman–Crippen MR) is 136 cm³/mol. The van der Waals surface area contributed by atoms with Crippen LogP contribution in [0.5, 0.6) is 5.75 Å². The van der Waals surface area contributed by atoms with Crippen molar-refractivity contribution in [1.82, 2.24) is 5.32 Å². The lowest BCUT2D eigenvalue weighted by atomic mass is 9.97. The molecule has 1 aromatic carbocycles. The van der Waals surface area contributed by atoms with Crippen LogP contribution in [-0.2, 0) is 0 Å². The quantitative estimate of drug-likeness (QED) is 0.0844. The van der Waals surface area contributed by atoms with Crippen molar-refractivity contribution >= 4 is 18.2 Å². The summed E-state index contributed by atoms with van der Waals surface area (Å²) in [5.41, 5.74) is 3.38. The number of hydrogen-bond acceptors (Lipinski definition) is 4.